The lowest BCUT2D eigenvalue weighted by molar-refractivity contribution is -0.107. The number of carbonyl (C=O) groups excluding carboxylic acids is 2. The fraction of sp³-hybridized carbons (Fsp3) is 0.459. The van der Waals surface area contributed by atoms with Gasteiger partial charge in [0.15, 0.2) is 5.78 Å². The van der Waals surface area contributed by atoms with E-state index in [0.29, 0.717) is 55.6 Å². The van der Waals surface area contributed by atoms with Gasteiger partial charge in [-0.1, -0.05) is 117 Å². The summed E-state index contributed by atoms with van der Waals surface area (Å²) in [6, 6.07) is 24.0. The van der Waals surface area contributed by atoms with Crippen molar-refractivity contribution in [2.24, 2.45) is 0 Å². The first-order valence-electron chi connectivity index (χ1n) is 15.8. The third-order valence-corrected chi connectivity index (χ3v) is 8.62. The number of ether oxygens (including phenoxy) is 2. The summed E-state index contributed by atoms with van der Waals surface area (Å²) in [5.41, 5.74) is 1.37. The van der Waals surface area contributed by atoms with Crippen LogP contribution in [-0.2, 0) is 20.7 Å². The summed E-state index contributed by atoms with van der Waals surface area (Å²) in [5, 5.41) is 22.6. The Morgan fingerprint density at radius 3 is 1.44 bits per heavy atom. The molecule has 0 spiro atoms. The maximum atomic E-state index is 13.6. The quantitative estimate of drug-likeness (QED) is 0.189. The van der Waals surface area contributed by atoms with Gasteiger partial charge in [0.2, 0.25) is 12.1 Å². The van der Waals surface area contributed by atoms with Gasteiger partial charge in [-0.2, -0.15) is 0 Å². The highest BCUT2D eigenvalue weighted by Gasteiger charge is 2.37. The van der Waals surface area contributed by atoms with Gasteiger partial charge in [0.1, 0.15) is 0 Å². The standard InChI is InChI=1S/C25H30O3.C12H16O3/c26-23(19-11-3-5-13-21(19)24(27)15-7-1-8-16-24)20-12-4-6-14-22(20)25(28)17-9-2-10-18-25;1-3-14-12(15-4-2)11(13)10-8-6-5-7-9-10/h3-6,11-14,27-28H,1-2,7-10,15-18H2;5-9,12H,3-4H2,1-2H3. The van der Waals surface area contributed by atoms with Crippen molar-refractivity contribution in [2.75, 3.05) is 13.2 Å². The first-order chi connectivity index (χ1) is 20.8. The topological polar surface area (TPSA) is 93.1 Å². The van der Waals surface area contributed by atoms with Gasteiger partial charge in [-0.3, -0.25) is 9.59 Å². The van der Waals surface area contributed by atoms with Gasteiger partial charge in [-0.05, 0) is 50.7 Å². The van der Waals surface area contributed by atoms with Crippen LogP contribution in [0.1, 0.15) is 115 Å². The number of Topliss-reactive ketones (excluding diaryl/α,β-unsaturated/α-hetero) is 1. The van der Waals surface area contributed by atoms with Crippen molar-refractivity contribution in [3.05, 3.63) is 107 Å². The van der Waals surface area contributed by atoms with Gasteiger partial charge < -0.3 is 19.7 Å². The third kappa shape index (κ3) is 8.07. The van der Waals surface area contributed by atoms with Crippen molar-refractivity contribution in [3.8, 4) is 0 Å². The van der Waals surface area contributed by atoms with E-state index in [2.05, 4.69) is 0 Å². The van der Waals surface area contributed by atoms with E-state index in [1.165, 1.54) is 0 Å². The van der Waals surface area contributed by atoms with Crippen LogP contribution in [0.3, 0.4) is 0 Å². The van der Waals surface area contributed by atoms with Crippen LogP contribution in [0, 0.1) is 0 Å². The smallest absolute Gasteiger partial charge is 0.222 e. The summed E-state index contributed by atoms with van der Waals surface area (Å²) < 4.78 is 10.5. The fourth-order valence-corrected chi connectivity index (χ4v) is 6.37. The predicted octanol–water partition coefficient (Wildman–Crippen LogP) is 7.49. The lowest BCUT2D eigenvalue weighted by Crippen LogP contribution is -2.32. The second-order valence-corrected chi connectivity index (χ2v) is 11.6. The van der Waals surface area contributed by atoms with E-state index in [1.54, 1.807) is 12.1 Å². The molecular weight excluding hydrogens is 540 g/mol. The maximum absolute atomic E-state index is 13.6. The van der Waals surface area contributed by atoms with Crippen molar-refractivity contribution in [1.82, 2.24) is 0 Å². The summed E-state index contributed by atoms with van der Waals surface area (Å²) in [7, 11) is 0. The Morgan fingerprint density at radius 2 is 1.02 bits per heavy atom. The highest BCUT2D eigenvalue weighted by atomic mass is 16.7. The lowest BCUT2D eigenvalue weighted by Gasteiger charge is -2.35. The highest BCUT2D eigenvalue weighted by Crippen LogP contribution is 2.41. The van der Waals surface area contributed by atoms with Crippen LogP contribution < -0.4 is 0 Å². The predicted molar refractivity (Wildman–Crippen MR) is 168 cm³/mol. The van der Waals surface area contributed by atoms with Crippen molar-refractivity contribution >= 4 is 11.6 Å². The van der Waals surface area contributed by atoms with Gasteiger partial charge in [0.05, 0.1) is 11.2 Å². The summed E-state index contributed by atoms with van der Waals surface area (Å²) >= 11 is 0. The van der Waals surface area contributed by atoms with Crippen LogP contribution in [-0.4, -0.2) is 41.3 Å². The van der Waals surface area contributed by atoms with Crippen LogP contribution in [0.15, 0.2) is 78.9 Å². The van der Waals surface area contributed by atoms with Crippen LogP contribution in [0.2, 0.25) is 0 Å². The minimum absolute atomic E-state index is 0.0933. The Labute approximate surface area is 256 Å². The van der Waals surface area contributed by atoms with E-state index in [4.69, 9.17) is 9.47 Å². The van der Waals surface area contributed by atoms with Crippen LogP contribution >= 0.6 is 0 Å². The molecule has 0 bridgehead atoms. The monoisotopic (exact) mass is 586 g/mol. The maximum Gasteiger partial charge on any atom is 0.222 e. The van der Waals surface area contributed by atoms with E-state index in [9.17, 15) is 19.8 Å². The minimum Gasteiger partial charge on any atom is -0.385 e. The SMILES string of the molecule is CCOC(OCC)C(=O)c1ccccc1.O=C(c1ccccc1C1(O)CCCCC1)c1ccccc1C1(O)CCCCC1. The van der Waals surface area contributed by atoms with Gasteiger partial charge >= 0.3 is 0 Å². The van der Waals surface area contributed by atoms with Gasteiger partial charge in [-0.25, -0.2) is 0 Å². The second kappa shape index (κ2) is 15.5. The summed E-state index contributed by atoms with van der Waals surface area (Å²) in [4.78, 5) is 25.5. The molecule has 0 aliphatic heterocycles. The number of hydrogen-bond donors (Lipinski definition) is 2. The highest BCUT2D eigenvalue weighted by molar-refractivity contribution is 6.11. The molecule has 0 heterocycles. The Morgan fingerprint density at radius 1 is 0.628 bits per heavy atom. The number of benzene rings is 3. The number of hydrogen-bond acceptors (Lipinski definition) is 6. The van der Waals surface area contributed by atoms with E-state index >= 15 is 0 Å². The van der Waals surface area contributed by atoms with Crippen LogP contribution in [0.4, 0.5) is 0 Å². The molecule has 0 radical (unpaired) electrons. The van der Waals surface area contributed by atoms with Crippen LogP contribution in [0.25, 0.3) is 0 Å². The van der Waals surface area contributed by atoms with E-state index < -0.39 is 17.5 Å². The zero-order chi connectivity index (χ0) is 30.7. The largest absolute Gasteiger partial charge is 0.385 e. The van der Waals surface area contributed by atoms with Gasteiger partial charge in [0.25, 0.3) is 0 Å². The molecule has 43 heavy (non-hydrogen) atoms. The molecule has 2 aliphatic rings. The number of rotatable bonds is 10. The van der Waals surface area contributed by atoms with Crippen molar-refractivity contribution in [2.45, 2.75) is 95.5 Å². The molecule has 3 aromatic rings. The summed E-state index contributed by atoms with van der Waals surface area (Å²) in [6.07, 6.45) is 8.21. The molecule has 0 amide bonds. The van der Waals surface area contributed by atoms with Crippen molar-refractivity contribution in [1.29, 1.82) is 0 Å². The van der Waals surface area contributed by atoms with Crippen molar-refractivity contribution < 1.29 is 29.3 Å². The molecule has 6 nitrogen and oxygen atoms in total. The Balaban J connectivity index is 0.000000239. The molecule has 2 aliphatic carbocycles. The molecular formula is C37H46O6. The average Bonchev–Trinajstić information content (AvgIpc) is 3.05. The number of aliphatic hydroxyl groups is 2. The molecule has 0 aromatic heterocycles. The molecule has 230 valence electrons. The van der Waals surface area contributed by atoms with Crippen molar-refractivity contribution in [3.63, 3.8) is 0 Å². The molecule has 0 atom stereocenters. The number of carbonyl (C=O) groups is 2. The molecule has 2 saturated carbocycles. The second-order valence-electron chi connectivity index (χ2n) is 11.6. The molecule has 5 rings (SSSR count). The normalized spacial score (nSPS) is 17.5. The van der Waals surface area contributed by atoms with E-state index in [-0.39, 0.29) is 11.6 Å². The number of ketones is 2. The fourth-order valence-electron chi connectivity index (χ4n) is 6.37. The molecule has 0 unspecified atom stereocenters. The summed E-state index contributed by atoms with van der Waals surface area (Å²) in [5.74, 6) is -0.219. The van der Waals surface area contributed by atoms with Crippen LogP contribution in [0.5, 0.6) is 0 Å². The van der Waals surface area contributed by atoms with Gasteiger partial charge in [0, 0.05) is 29.9 Å². The lowest BCUT2D eigenvalue weighted by atomic mass is 9.74. The Bertz CT molecular complexity index is 1250. The molecule has 3 aromatic carbocycles. The zero-order valence-electron chi connectivity index (χ0n) is 25.6. The average molecular weight is 587 g/mol. The Kier molecular flexibility index (Phi) is 11.8. The third-order valence-electron chi connectivity index (χ3n) is 8.62. The first-order valence-corrected chi connectivity index (χ1v) is 15.8. The molecule has 0 saturated heterocycles. The minimum atomic E-state index is -0.929. The molecule has 2 fully saturated rings. The summed E-state index contributed by atoms with van der Waals surface area (Å²) in [6.45, 7) is 4.60. The van der Waals surface area contributed by atoms with E-state index in [0.717, 1.165) is 49.7 Å². The zero-order valence-corrected chi connectivity index (χ0v) is 25.6. The molecule has 2 N–H and O–H groups in total. The first kappa shape index (κ1) is 32.7. The Hall–Kier alpha value is -3.16. The van der Waals surface area contributed by atoms with Gasteiger partial charge in [-0.15, -0.1) is 0 Å². The van der Waals surface area contributed by atoms with E-state index in [1.807, 2.05) is 80.6 Å². The molecule has 6 heteroatoms.